The molecule has 5 rings (SSSR count). The summed E-state index contributed by atoms with van der Waals surface area (Å²) in [7, 11) is 7.94. The lowest BCUT2D eigenvalue weighted by atomic mass is 9.95. The Labute approximate surface area is 281 Å². The normalized spacial score (nSPS) is 16.6. The maximum atomic E-state index is 13.6. The van der Waals surface area contributed by atoms with Crippen molar-refractivity contribution in [2.45, 2.75) is 57.5 Å². The minimum absolute atomic E-state index is 0.0573. The third-order valence-electron chi connectivity index (χ3n) is 9.17. The molecule has 3 aromatic carbocycles. The lowest BCUT2D eigenvalue weighted by Crippen LogP contribution is -2.31. The van der Waals surface area contributed by atoms with Crippen molar-refractivity contribution in [3.8, 4) is 39.9 Å². The van der Waals surface area contributed by atoms with Crippen molar-refractivity contribution in [2.75, 3.05) is 54.0 Å². The second kappa shape index (κ2) is 15.3. The number of hydrogen-bond acceptors (Lipinski definition) is 9. The van der Waals surface area contributed by atoms with Gasteiger partial charge in [-0.1, -0.05) is 6.07 Å². The van der Waals surface area contributed by atoms with E-state index in [0.717, 1.165) is 35.1 Å². The van der Waals surface area contributed by atoms with Gasteiger partial charge < -0.3 is 39.2 Å². The van der Waals surface area contributed by atoms with Gasteiger partial charge in [-0.05, 0) is 79.1 Å². The average molecular weight is 660 g/mol. The van der Waals surface area contributed by atoms with Crippen LogP contribution in [0.1, 0.15) is 67.8 Å². The van der Waals surface area contributed by atoms with Gasteiger partial charge in [0.25, 0.3) is 0 Å². The van der Waals surface area contributed by atoms with Crippen molar-refractivity contribution in [2.24, 2.45) is 0 Å². The van der Waals surface area contributed by atoms with Crippen LogP contribution in [0.15, 0.2) is 47.3 Å². The van der Waals surface area contributed by atoms with Crippen LogP contribution in [0.4, 0.5) is 5.69 Å². The van der Waals surface area contributed by atoms with Gasteiger partial charge in [0, 0.05) is 43.6 Å². The zero-order chi connectivity index (χ0) is 34.4. The molecule has 11 heteroatoms. The van der Waals surface area contributed by atoms with Crippen LogP contribution in [-0.4, -0.2) is 65.4 Å². The van der Waals surface area contributed by atoms with Gasteiger partial charge in [-0.15, -0.1) is 0 Å². The molecule has 0 aromatic heterocycles. The predicted octanol–water partition coefficient (Wildman–Crippen LogP) is 5.44. The number of nitrogens with one attached hydrogen (secondary N) is 2. The summed E-state index contributed by atoms with van der Waals surface area (Å²) in [5, 5.41) is 6.29. The van der Waals surface area contributed by atoms with Gasteiger partial charge >= 0.3 is 0 Å². The van der Waals surface area contributed by atoms with E-state index in [1.807, 2.05) is 35.2 Å². The minimum Gasteiger partial charge on any atom is -0.497 e. The Balaban J connectivity index is 1.37. The molecule has 0 saturated carbocycles. The summed E-state index contributed by atoms with van der Waals surface area (Å²) in [6.07, 6.45) is 3.85. The van der Waals surface area contributed by atoms with Crippen LogP contribution in [0.25, 0.3) is 11.1 Å². The predicted molar refractivity (Wildman–Crippen MR) is 184 cm³/mol. The Hall–Kier alpha value is -4.93. The topological polar surface area (TPSA) is 125 Å². The van der Waals surface area contributed by atoms with Crippen molar-refractivity contribution < 1.29 is 33.3 Å². The molecule has 0 radical (unpaired) electrons. The van der Waals surface area contributed by atoms with Crippen molar-refractivity contribution in [3.05, 3.63) is 69.4 Å². The molecule has 1 heterocycles. The number of rotatable bonds is 12. The van der Waals surface area contributed by atoms with Crippen LogP contribution in [0.5, 0.6) is 28.7 Å². The van der Waals surface area contributed by atoms with Gasteiger partial charge in [0.05, 0.1) is 53.3 Å². The van der Waals surface area contributed by atoms with E-state index in [9.17, 15) is 14.4 Å². The van der Waals surface area contributed by atoms with Gasteiger partial charge in [-0.2, -0.15) is 0 Å². The number of amides is 2. The van der Waals surface area contributed by atoms with Gasteiger partial charge in [0.1, 0.15) is 11.5 Å². The molecule has 1 unspecified atom stereocenters. The fourth-order valence-corrected chi connectivity index (χ4v) is 6.94. The highest BCUT2D eigenvalue weighted by molar-refractivity contribution is 5.84. The minimum atomic E-state index is -0.394. The highest BCUT2D eigenvalue weighted by Gasteiger charge is 2.32. The molecule has 2 amide bonds. The van der Waals surface area contributed by atoms with E-state index in [-0.39, 0.29) is 23.3 Å². The number of ether oxygens (including phenoxy) is 5. The molecule has 256 valence electrons. The first-order valence-corrected chi connectivity index (χ1v) is 16.3. The summed E-state index contributed by atoms with van der Waals surface area (Å²) in [4.78, 5) is 41.2. The highest BCUT2D eigenvalue weighted by atomic mass is 16.5. The standard InChI is InChI=1S/C37H45N3O8/c1-22(41)39-28-15-11-23-19-33(46-4)36(47-5)37(48-6)35(23)25-14-16-29(31(42)21-27(25)28)38-17-7-10-34(43)40-18-8-9-30(40)26-13-12-24(44-2)20-32(26)45-3/h12-14,16,19-21,28,30H,7-11,15,17-18H2,1-6H3,(H,38,42)(H,39,41)/t28-,30?/m0/s1. The molecule has 48 heavy (non-hydrogen) atoms. The summed E-state index contributed by atoms with van der Waals surface area (Å²) in [5.74, 6) is 2.77. The zero-order valence-corrected chi connectivity index (χ0v) is 28.6. The largest absolute Gasteiger partial charge is 0.497 e. The van der Waals surface area contributed by atoms with Crippen LogP contribution in [0.2, 0.25) is 0 Å². The summed E-state index contributed by atoms with van der Waals surface area (Å²) in [6.45, 7) is 2.59. The summed E-state index contributed by atoms with van der Waals surface area (Å²) in [5.41, 5.74) is 4.36. The molecular weight excluding hydrogens is 614 g/mol. The van der Waals surface area contributed by atoms with E-state index in [2.05, 4.69) is 10.6 Å². The van der Waals surface area contributed by atoms with E-state index in [1.54, 1.807) is 47.7 Å². The van der Waals surface area contributed by atoms with Crippen LogP contribution >= 0.6 is 0 Å². The van der Waals surface area contributed by atoms with E-state index < -0.39 is 6.04 Å². The van der Waals surface area contributed by atoms with Crippen molar-refractivity contribution in [1.29, 1.82) is 0 Å². The Morgan fingerprint density at radius 1 is 0.854 bits per heavy atom. The third kappa shape index (κ3) is 7.00. The number of methoxy groups -OCH3 is 5. The van der Waals surface area contributed by atoms with E-state index in [4.69, 9.17) is 23.7 Å². The molecule has 0 bridgehead atoms. The Morgan fingerprint density at radius 2 is 1.62 bits per heavy atom. The Kier molecular flexibility index (Phi) is 11.0. The average Bonchev–Trinajstić information content (AvgIpc) is 3.47. The van der Waals surface area contributed by atoms with Gasteiger partial charge in [0.2, 0.25) is 23.0 Å². The number of benzene rings is 2. The van der Waals surface area contributed by atoms with Crippen molar-refractivity contribution in [1.82, 2.24) is 10.2 Å². The first kappa shape index (κ1) is 34.4. The van der Waals surface area contributed by atoms with Crippen LogP contribution < -0.4 is 39.7 Å². The number of carbonyl (C=O) groups is 2. The molecule has 2 N–H and O–H groups in total. The van der Waals surface area contributed by atoms with Crippen LogP contribution in [0.3, 0.4) is 0 Å². The van der Waals surface area contributed by atoms with Crippen LogP contribution in [-0.2, 0) is 16.0 Å². The van der Waals surface area contributed by atoms with Gasteiger partial charge in [-0.3, -0.25) is 14.4 Å². The number of nitrogens with zero attached hydrogens (tertiary/aromatic N) is 1. The monoisotopic (exact) mass is 659 g/mol. The van der Waals surface area contributed by atoms with Crippen molar-refractivity contribution >= 4 is 17.5 Å². The molecule has 2 aliphatic rings. The summed E-state index contributed by atoms with van der Waals surface area (Å²) >= 11 is 0. The molecule has 11 nitrogen and oxygen atoms in total. The van der Waals surface area contributed by atoms with Crippen LogP contribution in [0, 0.1) is 0 Å². The molecule has 3 aromatic rings. The van der Waals surface area contributed by atoms with E-state index in [0.29, 0.717) is 78.8 Å². The lowest BCUT2D eigenvalue weighted by molar-refractivity contribution is -0.132. The Morgan fingerprint density at radius 3 is 2.31 bits per heavy atom. The molecule has 0 spiro atoms. The van der Waals surface area contributed by atoms with Gasteiger partial charge in [-0.25, -0.2) is 0 Å². The number of fused-ring (bicyclic) bond motifs is 3. The number of anilines is 1. The SMILES string of the molecule is COc1ccc(C2CCCN2C(=O)CCCNc2ccc3c(cc2=O)[C@@H](NC(C)=O)CCc2cc(OC)c(OC)c(OC)c2-3)c(OC)c1. The second-order valence-electron chi connectivity index (χ2n) is 12.0. The zero-order valence-electron chi connectivity index (χ0n) is 28.6. The smallest absolute Gasteiger partial charge is 0.223 e. The molecular formula is C37H45N3O8. The maximum Gasteiger partial charge on any atom is 0.223 e. The molecule has 1 aliphatic carbocycles. The number of hydrogen-bond donors (Lipinski definition) is 2. The number of carbonyl (C=O) groups excluding carboxylic acids is 2. The van der Waals surface area contributed by atoms with E-state index >= 15 is 0 Å². The first-order valence-electron chi connectivity index (χ1n) is 16.3. The van der Waals surface area contributed by atoms with E-state index in [1.165, 1.54) is 6.92 Å². The molecule has 1 aliphatic heterocycles. The quantitative estimate of drug-likeness (QED) is 0.245. The summed E-state index contributed by atoms with van der Waals surface area (Å²) < 4.78 is 28.1. The highest BCUT2D eigenvalue weighted by Crippen LogP contribution is 2.50. The number of likely N-dealkylation sites (tertiary alicyclic amines) is 1. The molecule has 1 saturated heterocycles. The Bertz CT molecular complexity index is 1730. The maximum absolute atomic E-state index is 13.6. The second-order valence-corrected chi connectivity index (χ2v) is 12.0. The molecule has 1 fully saturated rings. The summed E-state index contributed by atoms with van der Waals surface area (Å²) in [6, 6.07) is 12.4. The van der Waals surface area contributed by atoms with Gasteiger partial charge in [0.15, 0.2) is 11.5 Å². The fourth-order valence-electron chi connectivity index (χ4n) is 6.94. The molecule has 2 atom stereocenters. The first-order chi connectivity index (χ1) is 23.2. The fraction of sp³-hybridized carbons (Fsp3) is 0.432. The van der Waals surface area contributed by atoms with Crippen molar-refractivity contribution in [3.63, 3.8) is 0 Å². The third-order valence-corrected chi connectivity index (χ3v) is 9.17. The lowest BCUT2D eigenvalue weighted by Gasteiger charge is -2.26. The number of aryl methyl sites for hydroxylation is 1.